The summed E-state index contributed by atoms with van der Waals surface area (Å²) in [6.45, 7) is 0.955. The molecule has 0 fully saturated rings. The van der Waals surface area contributed by atoms with E-state index < -0.39 is 5.97 Å². The number of benzene rings is 1. The van der Waals surface area contributed by atoms with Crippen molar-refractivity contribution in [2.24, 2.45) is 5.92 Å². The van der Waals surface area contributed by atoms with Gasteiger partial charge < -0.3 is 15.1 Å². The highest BCUT2D eigenvalue weighted by atomic mass is 35.5. The van der Waals surface area contributed by atoms with E-state index in [0.717, 1.165) is 25.8 Å². The van der Waals surface area contributed by atoms with Gasteiger partial charge in [-0.2, -0.15) is 0 Å². The van der Waals surface area contributed by atoms with Gasteiger partial charge in [-0.3, -0.25) is 0 Å². The number of imidazole rings is 1. The molecule has 0 spiro atoms. The minimum Gasteiger partial charge on any atom is -0.478 e. The molecule has 1 heterocycles. The van der Waals surface area contributed by atoms with Crippen LogP contribution in [0.4, 0.5) is 0 Å². The van der Waals surface area contributed by atoms with Gasteiger partial charge in [0, 0.05) is 18.9 Å². The number of hydrogen-bond acceptors (Lipinski definition) is 2. The maximum atomic E-state index is 11.0. The van der Waals surface area contributed by atoms with Crippen molar-refractivity contribution in [1.82, 2.24) is 9.55 Å². The van der Waals surface area contributed by atoms with Gasteiger partial charge in [0.25, 0.3) is 0 Å². The largest absolute Gasteiger partial charge is 0.478 e. The first-order chi connectivity index (χ1) is 9.22. The zero-order valence-corrected chi connectivity index (χ0v) is 12.3. The molecule has 0 bridgehead atoms. The fourth-order valence-corrected chi connectivity index (χ4v) is 2.81. The molecule has 1 atom stereocenters. The van der Waals surface area contributed by atoms with Gasteiger partial charge in [0.05, 0.1) is 11.9 Å². The maximum absolute atomic E-state index is 11.0. The number of aromatic carboxylic acids is 1. The van der Waals surface area contributed by atoms with Crippen molar-refractivity contribution in [3.63, 3.8) is 0 Å². The second-order valence-electron chi connectivity index (χ2n) is 5.16. The topological polar surface area (TPSA) is 86.6 Å². The number of aromatic nitrogens is 2. The SMILES string of the molecule is Cl.O.O=C(O)c1ccc2c(c1)CC(Cn1ccnc1)CC2. The Morgan fingerprint density at radius 3 is 2.86 bits per heavy atom. The van der Waals surface area contributed by atoms with E-state index in [1.165, 1.54) is 11.1 Å². The van der Waals surface area contributed by atoms with Crippen LogP contribution in [0.2, 0.25) is 0 Å². The molecule has 0 saturated carbocycles. The summed E-state index contributed by atoms with van der Waals surface area (Å²) >= 11 is 0. The second-order valence-corrected chi connectivity index (χ2v) is 5.16. The van der Waals surface area contributed by atoms with Crippen molar-refractivity contribution in [1.29, 1.82) is 0 Å². The van der Waals surface area contributed by atoms with E-state index in [1.807, 2.05) is 24.7 Å². The van der Waals surface area contributed by atoms with Crippen LogP contribution in [0, 0.1) is 5.92 Å². The summed E-state index contributed by atoms with van der Waals surface area (Å²) in [5.41, 5.74) is 2.88. The molecule has 1 aromatic carbocycles. The molecule has 114 valence electrons. The fourth-order valence-electron chi connectivity index (χ4n) is 2.81. The zero-order chi connectivity index (χ0) is 13.2. The van der Waals surface area contributed by atoms with Crippen molar-refractivity contribution >= 4 is 18.4 Å². The summed E-state index contributed by atoms with van der Waals surface area (Å²) in [5.74, 6) is -0.287. The minimum atomic E-state index is -0.848. The molecule has 1 aliphatic rings. The number of halogens is 1. The van der Waals surface area contributed by atoms with Crippen LogP contribution in [0.3, 0.4) is 0 Å². The maximum Gasteiger partial charge on any atom is 0.335 e. The summed E-state index contributed by atoms with van der Waals surface area (Å²) in [4.78, 5) is 15.1. The molecule has 21 heavy (non-hydrogen) atoms. The Morgan fingerprint density at radius 1 is 1.38 bits per heavy atom. The van der Waals surface area contributed by atoms with Gasteiger partial charge in [0.2, 0.25) is 0 Å². The number of rotatable bonds is 3. The van der Waals surface area contributed by atoms with E-state index in [1.54, 1.807) is 12.3 Å². The summed E-state index contributed by atoms with van der Waals surface area (Å²) in [6, 6.07) is 5.50. The molecule has 0 radical (unpaired) electrons. The zero-order valence-electron chi connectivity index (χ0n) is 11.5. The second kappa shape index (κ2) is 7.24. The van der Waals surface area contributed by atoms with Gasteiger partial charge >= 0.3 is 5.97 Å². The highest BCUT2D eigenvalue weighted by Crippen LogP contribution is 2.27. The lowest BCUT2D eigenvalue weighted by atomic mass is 9.83. The van der Waals surface area contributed by atoms with Gasteiger partial charge in [0.1, 0.15) is 0 Å². The van der Waals surface area contributed by atoms with Crippen LogP contribution >= 0.6 is 12.4 Å². The standard InChI is InChI=1S/C15H16N2O2.ClH.H2O/c18-15(19)13-4-3-12-2-1-11(7-14(12)8-13)9-17-6-5-16-10-17;;/h3-6,8,10-11H,1-2,7,9H2,(H,18,19);1H;1H2. The molecule has 6 heteroatoms. The monoisotopic (exact) mass is 310 g/mol. The van der Waals surface area contributed by atoms with E-state index in [2.05, 4.69) is 9.55 Å². The Balaban J connectivity index is 0.00000110. The predicted octanol–water partition coefficient (Wildman–Crippen LogP) is 1.98. The molecular weight excluding hydrogens is 292 g/mol. The Morgan fingerprint density at radius 2 is 2.19 bits per heavy atom. The third kappa shape index (κ3) is 3.83. The summed E-state index contributed by atoms with van der Waals surface area (Å²) in [5, 5.41) is 9.05. The lowest BCUT2D eigenvalue weighted by molar-refractivity contribution is 0.0696. The molecular formula is C15H19ClN2O3. The first-order valence-electron chi connectivity index (χ1n) is 6.53. The molecule has 3 rings (SSSR count). The first-order valence-corrected chi connectivity index (χ1v) is 6.53. The Bertz CT molecular complexity index is 599. The Kier molecular flexibility index (Phi) is 5.93. The van der Waals surface area contributed by atoms with Crippen molar-refractivity contribution in [3.05, 3.63) is 53.6 Å². The van der Waals surface area contributed by atoms with Crippen LogP contribution < -0.4 is 0 Å². The third-order valence-electron chi connectivity index (χ3n) is 3.81. The molecule has 1 aromatic heterocycles. The Labute approximate surface area is 129 Å². The molecule has 2 aromatic rings. The third-order valence-corrected chi connectivity index (χ3v) is 3.81. The average molecular weight is 311 g/mol. The summed E-state index contributed by atoms with van der Waals surface area (Å²) in [7, 11) is 0. The van der Waals surface area contributed by atoms with Crippen LogP contribution in [-0.2, 0) is 19.4 Å². The molecule has 0 aliphatic heterocycles. The van der Waals surface area contributed by atoms with E-state index >= 15 is 0 Å². The van der Waals surface area contributed by atoms with E-state index in [-0.39, 0.29) is 17.9 Å². The number of nitrogens with zero attached hydrogens (tertiary/aromatic N) is 2. The van der Waals surface area contributed by atoms with Crippen molar-refractivity contribution < 1.29 is 15.4 Å². The number of aryl methyl sites for hydroxylation is 1. The molecule has 0 amide bonds. The van der Waals surface area contributed by atoms with Crippen molar-refractivity contribution in [2.75, 3.05) is 0 Å². The lowest BCUT2D eigenvalue weighted by Crippen LogP contribution is -2.19. The van der Waals surface area contributed by atoms with E-state index in [9.17, 15) is 4.79 Å². The van der Waals surface area contributed by atoms with Crippen LogP contribution in [0.5, 0.6) is 0 Å². The van der Waals surface area contributed by atoms with E-state index in [4.69, 9.17) is 5.11 Å². The van der Waals surface area contributed by atoms with Gasteiger partial charge in [-0.25, -0.2) is 9.78 Å². The predicted molar refractivity (Wildman–Crippen MR) is 82.0 cm³/mol. The smallest absolute Gasteiger partial charge is 0.335 e. The quantitative estimate of drug-likeness (QED) is 0.940. The number of fused-ring (bicyclic) bond motifs is 1. The molecule has 1 unspecified atom stereocenters. The molecule has 3 N–H and O–H groups in total. The van der Waals surface area contributed by atoms with E-state index in [0.29, 0.717) is 11.5 Å². The van der Waals surface area contributed by atoms with Crippen LogP contribution in [0.15, 0.2) is 36.9 Å². The van der Waals surface area contributed by atoms with Gasteiger partial charge in [-0.05, 0) is 48.4 Å². The minimum absolute atomic E-state index is 0. The normalized spacial score (nSPS) is 16.3. The fraction of sp³-hybridized carbons (Fsp3) is 0.333. The highest BCUT2D eigenvalue weighted by molar-refractivity contribution is 5.87. The highest BCUT2D eigenvalue weighted by Gasteiger charge is 2.20. The first kappa shape index (κ1) is 17.2. The Hall–Kier alpha value is -1.85. The van der Waals surface area contributed by atoms with Crippen LogP contribution in [0.1, 0.15) is 27.9 Å². The molecule has 1 aliphatic carbocycles. The summed E-state index contributed by atoms with van der Waals surface area (Å²) in [6.07, 6.45) is 8.74. The number of carboxylic acid groups (broad SMARTS) is 1. The van der Waals surface area contributed by atoms with Crippen molar-refractivity contribution in [3.8, 4) is 0 Å². The van der Waals surface area contributed by atoms with Crippen LogP contribution in [0.25, 0.3) is 0 Å². The average Bonchev–Trinajstić information content (AvgIpc) is 2.90. The number of hydrogen-bond donors (Lipinski definition) is 1. The number of carbonyl (C=O) groups is 1. The lowest BCUT2D eigenvalue weighted by Gasteiger charge is -2.25. The molecule has 5 nitrogen and oxygen atoms in total. The molecule has 0 saturated heterocycles. The van der Waals surface area contributed by atoms with Gasteiger partial charge in [-0.1, -0.05) is 6.07 Å². The van der Waals surface area contributed by atoms with Crippen LogP contribution in [-0.4, -0.2) is 26.1 Å². The number of carboxylic acids is 1. The summed E-state index contributed by atoms with van der Waals surface area (Å²) < 4.78 is 2.09. The van der Waals surface area contributed by atoms with Gasteiger partial charge in [0.15, 0.2) is 0 Å². The van der Waals surface area contributed by atoms with Crippen molar-refractivity contribution in [2.45, 2.75) is 25.8 Å². The van der Waals surface area contributed by atoms with Gasteiger partial charge in [-0.15, -0.1) is 12.4 Å².